The highest BCUT2D eigenvalue weighted by Crippen LogP contribution is 2.25. The summed E-state index contributed by atoms with van der Waals surface area (Å²) in [6.45, 7) is 2.04. The zero-order valence-corrected chi connectivity index (χ0v) is 10.8. The first-order valence-electron chi connectivity index (χ1n) is 5.45. The number of benzene rings is 1. The third kappa shape index (κ3) is 2.80. The van der Waals surface area contributed by atoms with Crippen molar-refractivity contribution in [3.05, 3.63) is 24.3 Å². The van der Waals surface area contributed by atoms with E-state index in [4.69, 9.17) is 4.42 Å². The van der Waals surface area contributed by atoms with E-state index in [0.717, 1.165) is 11.1 Å². The van der Waals surface area contributed by atoms with Gasteiger partial charge in [-0.05, 0) is 26.1 Å². The molecule has 2 rings (SSSR count). The maximum absolute atomic E-state index is 9.28. The van der Waals surface area contributed by atoms with E-state index in [2.05, 4.69) is 10.3 Å². The minimum absolute atomic E-state index is 0.0801. The molecular formula is C12H16N2O2S. The van der Waals surface area contributed by atoms with Gasteiger partial charge in [0.05, 0.1) is 6.61 Å². The van der Waals surface area contributed by atoms with Gasteiger partial charge in [-0.1, -0.05) is 23.9 Å². The van der Waals surface area contributed by atoms with E-state index in [1.807, 2.05) is 38.2 Å². The summed E-state index contributed by atoms with van der Waals surface area (Å²) in [7, 11) is 1.84. The fourth-order valence-corrected chi connectivity index (χ4v) is 2.32. The minimum atomic E-state index is -0.314. The van der Waals surface area contributed by atoms with Crippen LogP contribution in [0.25, 0.3) is 11.1 Å². The number of rotatable bonds is 5. The summed E-state index contributed by atoms with van der Waals surface area (Å²) in [6.07, 6.45) is 0. The zero-order chi connectivity index (χ0) is 12.3. The van der Waals surface area contributed by atoms with Crippen LogP contribution in [0.2, 0.25) is 0 Å². The van der Waals surface area contributed by atoms with Gasteiger partial charge < -0.3 is 14.8 Å². The highest BCUT2D eigenvalue weighted by molar-refractivity contribution is 7.99. The fourth-order valence-electron chi connectivity index (χ4n) is 1.33. The first-order valence-corrected chi connectivity index (χ1v) is 6.43. The second-order valence-electron chi connectivity index (χ2n) is 4.20. The Labute approximate surface area is 104 Å². The molecule has 0 spiro atoms. The predicted octanol–water partition coefficient (Wildman–Crippen LogP) is 1.89. The molecule has 0 saturated carbocycles. The van der Waals surface area contributed by atoms with E-state index >= 15 is 0 Å². The van der Waals surface area contributed by atoms with Crippen LogP contribution in [-0.4, -0.2) is 35.0 Å². The van der Waals surface area contributed by atoms with Crippen LogP contribution in [0.15, 0.2) is 33.9 Å². The van der Waals surface area contributed by atoms with E-state index in [1.165, 1.54) is 11.8 Å². The lowest BCUT2D eigenvalue weighted by atomic mass is 10.1. The van der Waals surface area contributed by atoms with Crippen molar-refractivity contribution in [3.8, 4) is 0 Å². The van der Waals surface area contributed by atoms with Gasteiger partial charge in [-0.3, -0.25) is 0 Å². The van der Waals surface area contributed by atoms with Gasteiger partial charge in [-0.2, -0.15) is 0 Å². The van der Waals surface area contributed by atoms with Crippen LogP contribution in [0, 0.1) is 0 Å². The van der Waals surface area contributed by atoms with Crippen molar-refractivity contribution < 1.29 is 9.52 Å². The standard InChI is InChI=1S/C12H16N2O2S/c1-12(7-15,13-2)8-17-11-14-9-5-3-4-6-10(9)16-11/h3-6,13,15H,7-8H2,1-2H3. The molecule has 2 aromatic rings. The van der Waals surface area contributed by atoms with Crippen molar-refractivity contribution in [1.29, 1.82) is 0 Å². The fraction of sp³-hybridized carbons (Fsp3) is 0.417. The number of nitrogens with zero attached hydrogens (tertiary/aromatic N) is 1. The summed E-state index contributed by atoms with van der Waals surface area (Å²) in [5, 5.41) is 13.0. The average molecular weight is 252 g/mol. The number of fused-ring (bicyclic) bond motifs is 1. The normalized spacial score (nSPS) is 15.0. The highest BCUT2D eigenvalue weighted by Gasteiger charge is 2.22. The van der Waals surface area contributed by atoms with Gasteiger partial charge in [0.2, 0.25) is 0 Å². The van der Waals surface area contributed by atoms with E-state index < -0.39 is 0 Å². The summed E-state index contributed by atoms with van der Waals surface area (Å²) in [5.74, 6) is 0.701. The Morgan fingerprint density at radius 3 is 2.88 bits per heavy atom. The number of hydrogen-bond donors (Lipinski definition) is 2. The van der Waals surface area contributed by atoms with Gasteiger partial charge in [0.25, 0.3) is 5.22 Å². The highest BCUT2D eigenvalue weighted by atomic mass is 32.2. The third-order valence-corrected chi connectivity index (χ3v) is 3.94. The Morgan fingerprint density at radius 1 is 1.47 bits per heavy atom. The molecule has 0 amide bonds. The summed E-state index contributed by atoms with van der Waals surface area (Å²) in [6, 6.07) is 7.68. The molecule has 0 radical (unpaired) electrons. The number of para-hydroxylation sites is 2. The van der Waals surface area contributed by atoms with E-state index in [0.29, 0.717) is 11.0 Å². The number of hydrogen-bond acceptors (Lipinski definition) is 5. The molecule has 1 atom stereocenters. The van der Waals surface area contributed by atoms with Crippen molar-refractivity contribution >= 4 is 22.9 Å². The predicted molar refractivity (Wildman–Crippen MR) is 69.3 cm³/mol. The van der Waals surface area contributed by atoms with E-state index in [1.54, 1.807) is 0 Å². The Bertz CT molecular complexity index is 461. The Hall–Kier alpha value is -1.04. The van der Waals surface area contributed by atoms with Gasteiger partial charge in [0.1, 0.15) is 5.52 Å². The molecule has 5 heteroatoms. The Morgan fingerprint density at radius 2 is 2.24 bits per heavy atom. The molecule has 0 aliphatic heterocycles. The molecule has 17 heavy (non-hydrogen) atoms. The maximum Gasteiger partial charge on any atom is 0.256 e. The average Bonchev–Trinajstić information content (AvgIpc) is 2.79. The molecule has 1 aromatic carbocycles. The lowest BCUT2D eigenvalue weighted by Crippen LogP contribution is -2.45. The van der Waals surface area contributed by atoms with Crippen LogP contribution >= 0.6 is 11.8 Å². The molecule has 4 nitrogen and oxygen atoms in total. The van der Waals surface area contributed by atoms with Gasteiger partial charge >= 0.3 is 0 Å². The Balaban J connectivity index is 2.09. The molecule has 0 bridgehead atoms. The number of aliphatic hydroxyl groups excluding tert-OH is 1. The monoisotopic (exact) mass is 252 g/mol. The van der Waals surface area contributed by atoms with Crippen molar-refractivity contribution in [2.45, 2.75) is 17.7 Å². The smallest absolute Gasteiger partial charge is 0.256 e. The lowest BCUT2D eigenvalue weighted by molar-refractivity contribution is 0.200. The van der Waals surface area contributed by atoms with Crippen molar-refractivity contribution in [2.75, 3.05) is 19.4 Å². The minimum Gasteiger partial charge on any atom is -0.431 e. The molecule has 1 aromatic heterocycles. The number of likely N-dealkylation sites (N-methyl/N-ethyl adjacent to an activating group) is 1. The summed E-state index contributed by atoms with van der Waals surface area (Å²) in [5.41, 5.74) is 1.35. The van der Waals surface area contributed by atoms with E-state index in [-0.39, 0.29) is 12.1 Å². The van der Waals surface area contributed by atoms with Gasteiger partial charge in [-0.15, -0.1) is 0 Å². The van der Waals surface area contributed by atoms with Crippen molar-refractivity contribution in [1.82, 2.24) is 10.3 Å². The number of thioether (sulfide) groups is 1. The van der Waals surface area contributed by atoms with Gasteiger partial charge in [-0.25, -0.2) is 4.98 Å². The quantitative estimate of drug-likeness (QED) is 0.796. The molecule has 0 saturated heterocycles. The van der Waals surface area contributed by atoms with Crippen LogP contribution in [-0.2, 0) is 0 Å². The first-order chi connectivity index (χ1) is 8.17. The largest absolute Gasteiger partial charge is 0.431 e. The van der Waals surface area contributed by atoms with Crippen LogP contribution in [0.4, 0.5) is 0 Å². The summed E-state index contributed by atoms with van der Waals surface area (Å²) >= 11 is 1.50. The number of aliphatic hydroxyl groups is 1. The zero-order valence-electron chi connectivity index (χ0n) is 9.93. The second kappa shape index (κ2) is 5.08. The van der Waals surface area contributed by atoms with Crippen LogP contribution < -0.4 is 5.32 Å². The molecule has 0 aliphatic rings. The third-order valence-electron chi connectivity index (χ3n) is 2.74. The van der Waals surface area contributed by atoms with Crippen LogP contribution in [0.1, 0.15) is 6.92 Å². The number of nitrogens with one attached hydrogen (secondary N) is 1. The second-order valence-corrected chi connectivity index (χ2v) is 5.13. The van der Waals surface area contributed by atoms with Gasteiger partial charge in [0.15, 0.2) is 5.58 Å². The maximum atomic E-state index is 9.28. The van der Waals surface area contributed by atoms with Crippen molar-refractivity contribution in [2.24, 2.45) is 0 Å². The number of oxazole rings is 1. The number of aromatic nitrogens is 1. The molecular weight excluding hydrogens is 236 g/mol. The topological polar surface area (TPSA) is 58.3 Å². The van der Waals surface area contributed by atoms with E-state index in [9.17, 15) is 5.11 Å². The molecule has 0 fully saturated rings. The molecule has 1 unspecified atom stereocenters. The van der Waals surface area contributed by atoms with Gasteiger partial charge in [0, 0.05) is 11.3 Å². The lowest BCUT2D eigenvalue weighted by Gasteiger charge is -2.25. The summed E-state index contributed by atoms with van der Waals surface area (Å²) < 4.78 is 5.59. The summed E-state index contributed by atoms with van der Waals surface area (Å²) in [4.78, 5) is 4.37. The van der Waals surface area contributed by atoms with Crippen LogP contribution in [0.5, 0.6) is 0 Å². The molecule has 2 N–H and O–H groups in total. The van der Waals surface area contributed by atoms with Crippen molar-refractivity contribution in [3.63, 3.8) is 0 Å². The SMILES string of the molecule is CNC(C)(CO)CSc1nc2ccccc2o1. The first kappa shape index (κ1) is 12.4. The molecule has 1 heterocycles. The Kier molecular flexibility index (Phi) is 3.71. The molecule has 0 aliphatic carbocycles. The molecule has 92 valence electrons. The van der Waals surface area contributed by atoms with Crippen LogP contribution in [0.3, 0.4) is 0 Å².